The van der Waals surface area contributed by atoms with Crippen molar-refractivity contribution >= 4 is 35.1 Å². The summed E-state index contributed by atoms with van der Waals surface area (Å²) in [5.74, 6) is -2.21. The normalized spacial score (nSPS) is 17.9. The summed E-state index contributed by atoms with van der Waals surface area (Å²) >= 11 is 0. The smallest absolute Gasteiger partial charge is 0.417 e. The van der Waals surface area contributed by atoms with Crippen molar-refractivity contribution in [2.75, 3.05) is 59.7 Å². The Morgan fingerprint density at radius 3 is 2.39 bits per heavy atom. The summed E-state index contributed by atoms with van der Waals surface area (Å²) in [5.41, 5.74) is -1.29. The van der Waals surface area contributed by atoms with Gasteiger partial charge >= 0.3 is 12.2 Å². The number of anilines is 4. The van der Waals surface area contributed by atoms with E-state index >= 15 is 0 Å². The molecule has 0 aliphatic carbocycles. The van der Waals surface area contributed by atoms with Crippen molar-refractivity contribution in [2.45, 2.75) is 25.2 Å². The third-order valence-corrected chi connectivity index (χ3v) is 6.74. The van der Waals surface area contributed by atoms with Gasteiger partial charge in [0.2, 0.25) is 5.76 Å². The molecule has 1 unspecified atom stereocenters. The van der Waals surface area contributed by atoms with E-state index in [1.54, 1.807) is 17.0 Å². The first kappa shape index (κ1) is 28.1. The average molecular weight is 580 g/mol. The van der Waals surface area contributed by atoms with E-state index < -0.39 is 47.6 Å². The van der Waals surface area contributed by atoms with Crippen LogP contribution in [0.2, 0.25) is 0 Å². The largest absolute Gasteiger partial charge is 0.437 e. The molecule has 0 radical (unpaired) electrons. The number of alkyl halides is 4. The lowest BCUT2D eigenvalue weighted by atomic mass is 10.1. The summed E-state index contributed by atoms with van der Waals surface area (Å²) < 4.78 is 73.6. The fourth-order valence-corrected chi connectivity index (χ4v) is 4.62. The number of hydrogen-bond donors (Lipinski definition) is 2. The second kappa shape index (κ2) is 11.6. The molecule has 5 rings (SSSR count). The molecule has 41 heavy (non-hydrogen) atoms. The monoisotopic (exact) mass is 579 g/mol. The molecule has 2 N–H and O–H groups in total. The van der Waals surface area contributed by atoms with E-state index in [0.29, 0.717) is 44.8 Å². The molecular weight excluding hydrogens is 553 g/mol. The van der Waals surface area contributed by atoms with E-state index in [1.165, 1.54) is 35.4 Å². The minimum absolute atomic E-state index is 0.0861. The molecular formula is C26H26F5N7O3. The highest BCUT2D eigenvalue weighted by atomic mass is 19.4. The molecule has 218 valence electrons. The van der Waals surface area contributed by atoms with Crippen LogP contribution >= 0.6 is 0 Å². The number of carbonyl (C=O) groups is 2. The van der Waals surface area contributed by atoms with Crippen LogP contribution in [0.3, 0.4) is 0 Å². The molecule has 2 aromatic heterocycles. The fourth-order valence-electron chi connectivity index (χ4n) is 4.62. The van der Waals surface area contributed by atoms with Gasteiger partial charge in [0.25, 0.3) is 11.9 Å². The van der Waals surface area contributed by atoms with E-state index in [-0.39, 0.29) is 24.5 Å². The molecule has 4 heterocycles. The highest BCUT2D eigenvalue weighted by Gasteiger charge is 2.42. The molecule has 2 saturated heterocycles. The highest BCUT2D eigenvalue weighted by Crippen LogP contribution is 2.35. The van der Waals surface area contributed by atoms with Crippen LogP contribution in [-0.2, 0) is 6.18 Å². The summed E-state index contributed by atoms with van der Waals surface area (Å²) in [6, 6.07) is 8.02. The number of para-hydroxylation sites is 1. The molecule has 0 spiro atoms. The number of amides is 3. The standard InChI is InChI=1S/C26H26F5N7O3/c27-16-4-3-9-38(15-16)25-35-22(26(29,30)31)21(41-25)23(39)33-17-7-8-20(32-14-17)36-10-12-37(13-11-36)24(40)34-19-6-2-1-5-18(19)28/h1-2,5-8,14,16H,3-4,9-13,15H2,(H,33,39)(H,34,40). The lowest BCUT2D eigenvalue weighted by Gasteiger charge is -2.35. The Bertz CT molecular complexity index is 1390. The third-order valence-electron chi connectivity index (χ3n) is 6.74. The van der Waals surface area contributed by atoms with Crippen molar-refractivity contribution in [2.24, 2.45) is 0 Å². The predicted octanol–water partition coefficient (Wildman–Crippen LogP) is 4.77. The van der Waals surface area contributed by atoms with Gasteiger partial charge in [0, 0.05) is 32.7 Å². The number of piperazine rings is 1. The highest BCUT2D eigenvalue weighted by molar-refractivity contribution is 6.03. The predicted molar refractivity (Wildman–Crippen MR) is 139 cm³/mol. The van der Waals surface area contributed by atoms with Crippen LogP contribution in [0.1, 0.15) is 29.1 Å². The molecule has 2 fully saturated rings. The maximum Gasteiger partial charge on any atom is 0.437 e. The van der Waals surface area contributed by atoms with Gasteiger partial charge in [0.1, 0.15) is 17.8 Å². The first-order valence-electron chi connectivity index (χ1n) is 12.9. The zero-order chi connectivity index (χ0) is 29.1. The maximum absolute atomic E-state index is 13.8. The lowest BCUT2D eigenvalue weighted by molar-refractivity contribution is -0.141. The zero-order valence-corrected chi connectivity index (χ0v) is 21.6. The Balaban J connectivity index is 1.20. The number of nitrogens with one attached hydrogen (secondary N) is 2. The number of halogens is 5. The van der Waals surface area contributed by atoms with Crippen LogP contribution in [0.4, 0.5) is 50.0 Å². The number of hydrogen-bond acceptors (Lipinski definition) is 7. The number of carbonyl (C=O) groups excluding carboxylic acids is 2. The average Bonchev–Trinajstić information content (AvgIpc) is 3.42. The lowest BCUT2D eigenvalue weighted by Crippen LogP contribution is -2.50. The van der Waals surface area contributed by atoms with Crippen LogP contribution in [-0.4, -0.2) is 72.2 Å². The van der Waals surface area contributed by atoms with Gasteiger partial charge in [-0.25, -0.2) is 18.6 Å². The van der Waals surface area contributed by atoms with Crippen LogP contribution in [0, 0.1) is 5.82 Å². The van der Waals surface area contributed by atoms with Gasteiger partial charge in [-0.3, -0.25) is 4.79 Å². The van der Waals surface area contributed by atoms with Gasteiger partial charge in [-0.2, -0.15) is 18.2 Å². The van der Waals surface area contributed by atoms with E-state index in [9.17, 15) is 31.5 Å². The van der Waals surface area contributed by atoms with Crippen LogP contribution in [0.15, 0.2) is 47.0 Å². The summed E-state index contributed by atoms with van der Waals surface area (Å²) in [6.45, 7) is 1.62. The second-order valence-electron chi connectivity index (χ2n) is 9.60. The Hall–Kier alpha value is -4.43. The molecule has 3 amide bonds. The maximum atomic E-state index is 13.8. The van der Waals surface area contributed by atoms with Crippen molar-refractivity contribution in [3.8, 4) is 0 Å². The number of rotatable bonds is 5. The van der Waals surface area contributed by atoms with Gasteiger partial charge in [0.15, 0.2) is 5.69 Å². The van der Waals surface area contributed by atoms with E-state index in [0.717, 1.165) is 0 Å². The fraction of sp³-hybridized carbons (Fsp3) is 0.385. The molecule has 2 aliphatic heterocycles. The SMILES string of the molecule is O=C(Nc1ccc(N2CCN(C(=O)Nc3ccccc3F)CC2)nc1)c1oc(N2CCCC(F)C2)nc1C(F)(F)F. The van der Waals surface area contributed by atoms with Crippen LogP contribution in [0.25, 0.3) is 0 Å². The number of benzene rings is 1. The molecule has 1 aromatic carbocycles. The van der Waals surface area contributed by atoms with Crippen molar-refractivity contribution in [1.82, 2.24) is 14.9 Å². The second-order valence-corrected chi connectivity index (χ2v) is 9.60. The van der Waals surface area contributed by atoms with E-state index in [1.807, 2.05) is 4.90 Å². The number of nitrogens with zero attached hydrogens (tertiary/aromatic N) is 5. The van der Waals surface area contributed by atoms with Crippen LogP contribution in [0.5, 0.6) is 0 Å². The van der Waals surface area contributed by atoms with Gasteiger partial charge in [-0.05, 0) is 37.1 Å². The number of piperidine rings is 1. The Labute approximate surface area is 231 Å². The summed E-state index contributed by atoms with van der Waals surface area (Å²) in [6.07, 6.45) is -4.20. The number of aromatic nitrogens is 2. The topological polar surface area (TPSA) is 107 Å². The molecule has 3 aromatic rings. The number of oxazole rings is 1. The van der Waals surface area contributed by atoms with Gasteiger partial charge in [0.05, 0.1) is 24.1 Å². The first-order valence-corrected chi connectivity index (χ1v) is 12.9. The Kier molecular flexibility index (Phi) is 7.94. The van der Waals surface area contributed by atoms with Crippen molar-refractivity contribution < 1.29 is 36.0 Å². The van der Waals surface area contributed by atoms with Crippen molar-refractivity contribution in [1.29, 1.82) is 0 Å². The molecule has 2 aliphatic rings. The van der Waals surface area contributed by atoms with Crippen molar-refractivity contribution in [3.63, 3.8) is 0 Å². The Morgan fingerprint density at radius 2 is 1.73 bits per heavy atom. The van der Waals surface area contributed by atoms with E-state index in [2.05, 4.69) is 20.6 Å². The number of pyridine rings is 1. The van der Waals surface area contributed by atoms with Crippen LogP contribution < -0.4 is 20.4 Å². The zero-order valence-electron chi connectivity index (χ0n) is 21.6. The van der Waals surface area contributed by atoms with Gasteiger partial charge in [-0.15, -0.1) is 0 Å². The summed E-state index contributed by atoms with van der Waals surface area (Å²) in [7, 11) is 0. The minimum Gasteiger partial charge on any atom is -0.417 e. The van der Waals surface area contributed by atoms with Gasteiger partial charge in [-0.1, -0.05) is 12.1 Å². The molecule has 1 atom stereocenters. The third kappa shape index (κ3) is 6.49. The molecule has 10 nitrogen and oxygen atoms in total. The summed E-state index contributed by atoms with van der Waals surface area (Å²) in [4.78, 5) is 37.6. The first-order chi connectivity index (χ1) is 19.6. The van der Waals surface area contributed by atoms with Gasteiger partial charge < -0.3 is 29.8 Å². The van der Waals surface area contributed by atoms with Crippen molar-refractivity contribution in [3.05, 3.63) is 59.9 Å². The van der Waals surface area contributed by atoms with E-state index in [4.69, 9.17) is 4.42 Å². The minimum atomic E-state index is -4.96. The quantitative estimate of drug-likeness (QED) is 0.420. The summed E-state index contributed by atoms with van der Waals surface area (Å²) in [5, 5.41) is 4.88. The molecule has 15 heteroatoms. The molecule has 0 bridgehead atoms. The molecule has 0 saturated carbocycles. The Morgan fingerprint density at radius 1 is 0.976 bits per heavy atom. The number of urea groups is 1.